The number of rotatable bonds is 9. The Kier molecular flexibility index (Phi) is 9.77. The number of hydrogen-bond donors (Lipinski definition) is 2. The Hall–Kier alpha value is 0.470. The number of allylic oxidation sites excluding steroid dienone is 2. The largest absolute Gasteiger partial charge is 0.351 e. The summed E-state index contributed by atoms with van der Waals surface area (Å²) in [4.78, 5) is 18.2. The van der Waals surface area contributed by atoms with E-state index >= 15 is 0 Å². The molecule has 0 spiro atoms. The first kappa shape index (κ1) is 16.5. The van der Waals surface area contributed by atoms with E-state index in [-0.39, 0.29) is 5.31 Å². The van der Waals surface area contributed by atoms with Gasteiger partial charge in [0.05, 0.1) is 0 Å². The molecule has 16 heavy (non-hydrogen) atoms. The van der Waals surface area contributed by atoms with Crippen molar-refractivity contribution in [2.24, 2.45) is 0 Å². The summed E-state index contributed by atoms with van der Waals surface area (Å²) in [6.07, 6.45) is 5.99. The maximum Gasteiger partial charge on any atom is 0.351 e. The van der Waals surface area contributed by atoms with E-state index in [0.717, 1.165) is 25.7 Å². The third-order valence-corrected chi connectivity index (χ3v) is 3.85. The van der Waals surface area contributed by atoms with Gasteiger partial charge in [0.1, 0.15) is 0 Å². The van der Waals surface area contributed by atoms with Gasteiger partial charge in [-0.3, -0.25) is 4.57 Å². The van der Waals surface area contributed by atoms with E-state index in [0.29, 0.717) is 24.6 Å². The quantitative estimate of drug-likeness (QED) is 0.385. The molecule has 0 unspecified atom stereocenters. The minimum Gasteiger partial charge on any atom is -0.321 e. The molecule has 0 radical (unpaired) electrons. The maximum absolute atomic E-state index is 11.2. The van der Waals surface area contributed by atoms with Gasteiger partial charge in [0.2, 0.25) is 0 Å². The molecule has 0 saturated carbocycles. The second kappa shape index (κ2) is 9.49. The topological polar surface area (TPSA) is 57.5 Å². The predicted octanol–water partition coefficient (Wildman–Crippen LogP) is 3.87. The van der Waals surface area contributed by atoms with Crippen LogP contribution in [0.5, 0.6) is 0 Å². The first-order valence-corrected chi connectivity index (χ1v) is 8.07. The van der Waals surface area contributed by atoms with Gasteiger partial charge in [-0.1, -0.05) is 6.08 Å². The first-order valence-electron chi connectivity index (χ1n) is 5.39. The van der Waals surface area contributed by atoms with Crippen LogP contribution < -0.4 is 0 Å². The van der Waals surface area contributed by atoms with E-state index in [2.05, 4.69) is 0 Å². The number of hydrogen-bond acceptors (Lipinski definition) is 1. The first-order chi connectivity index (χ1) is 7.52. The molecule has 0 aliphatic carbocycles. The van der Waals surface area contributed by atoms with Crippen LogP contribution in [0.3, 0.4) is 0 Å². The lowest BCUT2D eigenvalue weighted by atomic mass is 10.2. The molecule has 0 aromatic rings. The summed E-state index contributed by atoms with van der Waals surface area (Å²) in [7, 11) is -4.08. The minimum atomic E-state index is -4.08. The molecular formula is C10H19Cl2O3P. The third-order valence-electron chi connectivity index (χ3n) is 2.16. The van der Waals surface area contributed by atoms with E-state index in [4.69, 9.17) is 33.0 Å². The predicted molar refractivity (Wildman–Crippen MR) is 69.3 cm³/mol. The standard InChI is InChI=1S/C10H19Cl2O3P/c11-8-4-1-2-6-10(16(13,14)15)7-3-5-9-12/h6H,1-5,7-9H2,(H2,13,14,15)/b10-6-. The van der Waals surface area contributed by atoms with Crippen LogP contribution in [0.2, 0.25) is 0 Å². The van der Waals surface area contributed by atoms with Crippen molar-refractivity contribution in [3.05, 3.63) is 11.4 Å². The maximum atomic E-state index is 11.2. The Bertz CT molecular complexity index is 250. The molecule has 6 heteroatoms. The van der Waals surface area contributed by atoms with Gasteiger partial charge in [-0.2, -0.15) is 0 Å². The summed E-state index contributed by atoms with van der Waals surface area (Å²) in [5, 5.41) is 0.243. The number of halogens is 2. The van der Waals surface area contributed by atoms with Crippen LogP contribution >= 0.6 is 30.8 Å². The SMILES string of the molecule is O=P(O)(O)/C(=C\CCCCCl)CCCCCl. The van der Waals surface area contributed by atoms with Gasteiger partial charge >= 0.3 is 7.60 Å². The minimum absolute atomic E-state index is 0.243. The van der Waals surface area contributed by atoms with Crippen molar-refractivity contribution in [3.63, 3.8) is 0 Å². The van der Waals surface area contributed by atoms with Crippen LogP contribution in [0.25, 0.3) is 0 Å². The van der Waals surface area contributed by atoms with E-state index < -0.39 is 7.60 Å². The van der Waals surface area contributed by atoms with Crippen molar-refractivity contribution in [1.29, 1.82) is 0 Å². The monoisotopic (exact) mass is 288 g/mol. The Morgan fingerprint density at radius 2 is 1.62 bits per heavy atom. The zero-order chi connectivity index (χ0) is 12.4. The molecule has 3 nitrogen and oxygen atoms in total. The Morgan fingerprint density at radius 3 is 2.12 bits per heavy atom. The van der Waals surface area contributed by atoms with Crippen molar-refractivity contribution < 1.29 is 14.4 Å². The van der Waals surface area contributed by atoms with E-state index in [9.17, 15) is 4.57 Å². The van der Waals surface area contributed by atoms with Gasteiger partial charge in [0, 0.05) is 17.1 Å². The smallest absolute Gasteiger partial charge is 0.321 e. The fourth-order valence-corrected chi connectivity index (χ4v) is 2.47. The summed E-state index contributed by atoms with van der Waals surface area (Å²) in [5.74, 6) is 1.12. The molecule has 0 saturated heterocycles. The zero-order valence-electron chi connectivity index (χ0n) is 9.24. The molecule has 96 valence electrons. The number of alkyl halides is 2. The summed E-state index contributed by atoms with van der Waals surface area (Å²) < 4.78 is 11.2. The molecule has 0 atom stereocenters. The second-order valence-corrected chi connectivity index (χ2v) is 5.99. The molecule has 0 bridgehead atoms. The van der Waals surface area contributed by atoms with Crippen LogP contribution in [0, 0.1) is 0 Å². The van der Waals surface area contributed by atoms with Gasteiger partial charge in [0.15, 0.2) is 0 Å². The fourth-order valence-electron chi connectivity index (χ4n) is 1.27. The van der Waals surface area contributed by atoms with Crippen molar-refractivity contribution in [2.75, 3.05) is 11.8 Å². The lowest BCUT2D eigenvalue weighted by Gasteiger charge is -2.09. The summed E-state index contributed by atoms with van der Waals surface area (Å²) in [6.45, 7) is 0. The Balaban J connectivity index is 4.15. The third kappa shape index (κ3) is 8.60. The zero-order valence-corrected chi connectivity index (χ0v) is 11.6. The average Bonchev–Trinajstić information content (AvgIpc) is 2.20. The van der Waals surface area contributed by atoms with Crippen molar-refractivity contribution in [3.8, 4) is 0 Å². The highest BCUT2D eigenvalue weighted by molar-refractivity contribution is 7.56. The average molecular weight is 289 g/mol. The molecule has 0 aromatic carbocycles. The van der Waals surface area contributed by atoms with Gasteiger partial charge in [0.25, 0.3) is 0 Å². The summed E-state index contributed by atoms with van der Waals surface area (Å²) >= 11 is 11.0. The molecule has 0 aromatic heterocycles. The van der Waals surface area contributed by atoms with Gasteiger partial charge in [-0.05, 0) is 38.5 Å². The highest BCUT2D eigenvalue weighted by Crippen LogP contribution is 2.47. The van der Waals surface area contributed by atoms with Crippen LogP contribution in [0.1, 0.15) is 38.5 Å². The second-order valence-electron chi connectivity index (χ2n) is 3.57. The van der Waals surface area contributed by atoms with Gasteiger partial charge in [-0.25, -0.2) is 0 Å². The molecular weight excluding hydrogens is 270 g/mol. The molecule has 0 heterocycles. The Morgan fingerprint density at radius 1 is 1.06 bits per heavy atom. The van der Waals surface area contributed by atoms with Crippen LogP contribution in [-0.4, -0.2) is 21.5 Å². The molecule has 2 N–H and O–H groups in total. The van der Waals surface area contributed by atoms with Crippen LogP contribution in [0.15, 0.2) is 11.4 Å². The van der Waals surface area contributed by atoms with E-state index in [1.54, 1.807) is 6.08 Å². The lowest BCUT2D eigenvalue weighted by molar-refractivity contribution is 0.379. The fraction of sp³-hybridized carbons (Fsp3) is 0.800. The summed E-state index contributed by atoms with van der Waals surface area (Å²) in [5.41, 5.74) is 0. The molecule has 0 aliphatic heterocycles. The number of unbranched alkanes of at least 4 members (excludes halogenated alkanes) is 3. The lowest BCUT2D eigenvalue weighted by Crippen LogP contribution is -1.89. The highest BCUT2D eigenvalue weighted by Gasteiger charge is 2.19. The molecule has 0 aliphatic rings. The van der Waals surface area contributed by atoms with Gasteiger partial charge in [-0.15, -0.1) is 23.2 Å². The normalized spacial score (nSPS) is 13.1. The van der Waals surface area contributed by atoms with Crippen molar-refractivity contribution in [2.45, 2.75) is 38.5 Å². The summed E-state index contributed by atoms with van der Waals surface area (Å²) in [6, 6.07) is 0. The van der Waals surface area contributed by atoms with Crippen LogP contribution in [0.4, 0.5) is 0 Å². The van der Waals surface area contributed by atoms with E-state index in [1.165, 1.54) is 0 Å². The molecule has 0 amide bonds. The van der Waals surface area contributed by atoms with Crippen molar-refractivity contribution in [1.82, 2.24) is 0 Å². The van der Waals surface area contributed by atoms with Gasteiger partial charge < -0.3 is 9.79 Å². The van der Waals surface area contributed by atoms with Crippen molar-refractivity contribution >= 4 is 30.8 Å². The van der Waals surface area contributed by atoms with E-state index in [1.807, 2.05) is 0 Å². The van der Waals surface area contributed by atoms with Crippen LogP contribution in [-0.2, 0) is 4.57 Å². The Labute approximate surface area is 107 Å². The highest BCUT2D eigenvalue weighted by atomic mass is 35.5. The molecule has 0 rings (SSSR count). The molecule has 0 fully saturated rings.